The van der Waals surface area contributed by atoms with E-state index in [9.17, 15) is 9.59 Å². The number of carbonyl (C=O) groups is 2. The molecule has 7 heteroatoms. The molecule has 158 valence electrons. The smallest absolute Gasteiger partial charge is 0.338 e. The molecular weight excluding hydrogens is 404 g/mol. The van der Waals surface area contributed by atoms with Crippen LogP contribution in [0.2, 0.25) is 5.02 Å². The second-order valence-electron chi connectivity index (χ2n) is 6.80. The zero-order valence-electron chi connectivity index (χ0n) is 17.3. The molecular formula is C23H25ClN2O4. The Balaban J connectivity index is 2.03. The molecule has 3 rings (SSSR count). The van der Waals surface area contributed by atoms with Crippen LogP contribution in [-0.4, -0.2) is 30.1 Å². The third-order valence-electron chi connectivity index (χ3n) is 4.93. The van der Waals surface area contributed by atoms with Crippen LogP contribution in [0.25, 0.3) is 0 Å². The van der Waals surface area contributed by atoms with Crippen LogP contribution >= 0.6 is 11.6 Å². The van der Waals surface area contributed by atoms with Gasteiger partial charge in [-0.05, 0) is 44.5 Å². The van der Waals surface area contributed by atoms with Gasteiger partial charge in [0.2, 0.25) is 0 Å². The van der Waals surface area contributed by atoms with E-state index in [0.717, 1.165) is 5.56 Å². The number of ether oxygens (including phenoxy) is 2. The van der Waals surface area contributed by atoms with Crippen LogP contribution in [0.15, 0.2) is 59.8 Å². The highest BCUT2D eigenvalue weighted by atomic mass is 35.5. The largest absolute Gasteiger partial charge is 0.489 e. The maximum Gasteiger partial charge on any atom is 0.338 e. The molecule has 1 N–H and O–H groups in total. The number of esters is 1. The lowest BCUT2D eigenvalue weighted by atomic mass is 9.94. The number of amides is 2. The zero-order valence-corrected chi connectivity index (χ0v) is 18.0. The third-order valence-corrected chi connectivity index (χ3v) is 5.16. The topological polar surface area (TPSA) is 67.9 Å². The average Bonchev–Trinajstić information content (AvgIpc) is 2.73. The molecule has 0 fully saturated rings. The molecule has 6 nitrogen and oxygen atoms in total. The number of nitrogens with one attached hydrogen (secondary N) is 1. The Morgan fingerprint density at radius 1 is 1.17 bits per heavy atom. The van der Waals surface area contributed by atoms with Crippen LogP contribution in [-0.2, 0) is 16.1 Å². The lowest BCUT2D eigenvalue weighted by Crippen LogP contribution is -2.48. The predicted octanol–water partition coefficient (Wildman–Crippen LogP) is 4.84. The Morgan fingerprint density at radius 3 is 2.57 bits per heavy atom. The molecule has 2 aromatic rings. The van der Waals surface area contributed by atoms with E-state index in [1.807, 2.05) is 37.3 Å². The number of nitrogens with zero attached hydrogens (tertiary/aromatic N) is 1. The quantitative estimate of drug-likeness (QED) is 0.640. The van der Waals surface area contributed by atoms with Crippen LogP contribution in [0, 0.1) is 0 Å². The van der Waals surface area contributed by atoms with E-state index in [2.05, 4.69) is 5.32 Å². The van der Waals surface area contributed by atoms with Crippen molar-refractivity contribution in [3.05, 3.63) is 76.0 Å². The molecule has 30 heavy (non-hydrogen) atoms. The monoisotopic (exact) mass is 428 g/mol. The highest BCUT2D eigenvalue weighted by Gasteiger charge is 2.37. The summed E-state index contributed by atoms with van der Waals surface area (Å²) in [6, 6.07) is 13.9. The van der Waals surface area contributed by atoms with Gasteiger partial charge in [-0.3, -0.25) is 4.90 Å². The van der Waals surface area contributed by atoms with Crippen LogP contribution in [0.4, 0.5) is 4.79 Å². The summed E-state index contributed by atoms with van der Waals surface area (Å²) in [4.78, 5) is 27.0. The van der Waals surface area contributed by atoms with Crippen molar-refractivity contribution in [3.8, 4) is 5.75 Å². The molecule has 1 aliphatic heterocycles. The van der Waals surface area contributed by atoms with Crippen molar-refractivity contribution in [1.29, 1.82) is 0 Å². The van der Waals surface area contributed by atoms with Crippen molar-refractivity contribution in [3.63, 3.8) is 0 Å². The molecule has 0 saturated carbocycles. The number of hydrogen-bond donors (Lipinski definition) is 1. The molecule has 0 aliphatic carbocycles. The SMILES string of the molecule is CCOC(=O)C1=C(C)N(CC)C(=O)NC1c1cc(Cl)ccc1OCc1ccccc1. The van der Waals surface area contributed by atoms with Crippen molar-refractivity contribution in [2.75, 3.05) is 13.2 Å². The molecule has 1 unspecified atom stereocenters. The van der Waals surface area contributed by atoms with Gasteiger partial charge in [0.1, 0.15) is 12.4 Å². The summed E-state index contributed by atoms with van der Waals surface area (Å²) in [7, 11) is 0. The Hall–Kier alpha value is -2.99. The first-order valence-electron chi connectivity index (χ1n) is 9.88. The number of hydrogen-bond acceptors (Lipinski definition) is 4. The van der Waals surface area contributed by atoms with Crippen molar-refractivity contribution in [1.82, 2.24) is 10.2 Å². The maximum atomic E-state index is 12.8. The first-order valence-corrected chi connectivity index (χ1v) is 10.3. The maximum absolute atomic E-state index is 12.8. The number of rotatable bonds is 7. The highest BCUT2D eigenvalue weighted by molar-refractivity contribution is 6.30. The van der Waals surface area contributed by atoms with Crippen LogP contribution in [0.1, 0.15) is 37.9 Å². The molecule has 2 amide bonds. The van der Waals surface area contributed by atoms with Gasteiger partial charge in [0, 0.05) is 22.8 Å². The summed E-state index contributed by atoms with van der Waals surface area (Å²) >= 11 is 6.26. The normalized spacial score (nSPS) is 16.3. The summed E-state index contributed by atoms with van der Waals surface area (Å²) in [6.07, 6.45) is 0. The van der Waals surface area contributed by atoms with Gasteiger partial charge in [-0.15, -0.1) is 0 Å². The summed E-state index contributed by atoms with van der Waals surface area (Å²) in [6.45, 7) is 6.34. The van der Waals surface area contributed by atoms with Crippen molar-refractivity contribution < 1.29 is 19.1 Å². The molecule has 1 aliphatic rings. The fourth-order valence-corrected chi connectivity index (χ4v) is 3.66. The molecule has 0 aromatic heterocycles. The van der Waals surface area contributed by atoms with E-state index in [1.165, 1.54) is 4.90 Å². The lowest BCUT2D eigenvalue weighted by molar-refractivity contribution is -0.139. The number of benzene rings is 2. The Kier molecular flexibility index (Phi) is 7.00. The zero-order chi connectivity index (χ0) is 21.7. The molecule has 1 atom stereocenters. The Bertz CT molecular complexity index is 959. The van der Waals surface area contributed by atoms with Crippen molar-refractivity contribution in [2.24, 2.45) is 0 Å². The summed E-state index contributed by atoms with van der Waals surface area (Å²) in [5, 5.41) is 3.39. The van der Waals surface area contributed by atoms with E-state index in [-0.39, 0.29) is 12.6 Å². The van der Waals surface area contributed by atoms with Gasteiger partial charge in [-0.1, -0.05) is 41.9 Å². The molecule has 1 heterocycles. The van der Waals surface area contributed by atoms with Gasteiger partial charge in [0.25, 0.3) is 0 Å². The van der Waals surface area contributed by atoms with Gasteiger partial charge in [-0.25, -0.2) is 9.59 Å². The molecule has 0 spiro atoms. The van der Waals surface area contributed by atoms with Gasteiger partial charge < -0.3 is 14.8 Å². The van der Waals surface area contributed by atoms with Gasteiger partial charge in [0.05, 0.1) is 18.2 Å². The minimum atomic E-state index is -0.733. The van der Waals surface area contributed by atoms with Gasteiger partial charge in [0.15, 0.2) is 0 Å². The first-order chi connectivity index (χ1) is 14.5. The van der Waals surface area contributed by atoms with E-state index >= 15 is 0 Å². The Labute approximate surface area is 181 Å². The summed E-state index contributed by atoms with van der Waals surface area (Å²) < 4.78 is 11.3. The fraction of sp³-hybridized carbons (Fsp3) is 0.304. The predicted molar refractivity (Wildman–Crippen MR) is 115 cm³/mol. The average molecular weight is 429 g/mol. The second kappa shape index (κ2) is 9.67. The fourth-order valence-electron chi connectivity index (χ4n) is 3.48. The van der Waals surface area contributed by atoms with E-state index < -0.39 is 12.0 Å². The Morgan fingerprint density at radius 2 is 1.90 bits per heavy atom. The third kappa shape index (κ3) is 4.60. The van der Waals surface area contributed by atoms with Crippen molar-refractivity contribution in [2.45, 2.75) is 33.4 Å². The number of urea groups is 1. The minimum Gasteiger partial charge on any atom is -0.489 e. The highest BCUT2D eigenvalue weighted by Crippen LogP contribution is 2.37. The van der Waals surface area contributed by atoms with Crippen LogP contribution in [0.3, 0.4) is 0 Å². The van der Waals surface area contributed by atoms with Gasteiger partial charge in [-0.2, -0.15) is 0 Å². The van der Waals surface area contributed by atoms with Crippen LogP contribution < -0.4 is 10.1 Å². The molecule has 0 saturated heterocycles. The van der Waals surface area contributed by atoms with E-state index in [0.29, 0.717) is 40.8 Å². The van der Waals surface area contributed by atoms with Crippen molar-refractivity contribution >= 4 is 23.6 Å². The number of carbonyl (C=O) groups excluding carboxylic acids is 2. The number of allylic oxidation sites excluding steroid dienone is 1. The summed E-state index contributed by atoms with van der Waals surface area (Å²) in [5.41, 5.74) is 2.52. The number of halogens is 1. The first kappa shape index (κ1) is 21.7. The molecule has 0 bridgehead atoms. The standard InChI is InChI=1S/C23H25ClN2O4/c1-4-26-15(3)20(22(27)29-5-2)21(25-23(26)28)18-13-17(24)11-12-19(18)30-14-16-9-7-6-8-10-16/h6-13,21H,4-5,14H2,1-3H3,(H,25,28). The molecule has 0 radical (unpaired) electrons. The lowest BCUT2D eigenvalue weighted by Gasteiger charge is -2.35. The second-order valence-corrected chi connectivity index (χ2v) is 7.24. The molecule has 2 aromatic carbocycles. The van der Waals surface area contributed by atoms with E-state index in [4.69, 9.17) is 21.1 Å². The minimum absolute atomic E-state index is 0.231. The summed E-state index contributed by atoms with van der Waals surface area (Å²) in [5.74, 6) is 0.0561. The van der Waals surface area contributed by atoms with Gasteiger partial charge >= 0.3 is 12.0 Å². The van der Waals surface area contributed by atoms with E-state index in [1.54, 1.807) is 32.0 Å². The van der Waals surface area contributed by atoms with Crippen LogP contribution in [0.5, 0.6) is 5.75 Å².